The van der Waals surface area contributed by atoms with Gasteiger partial charge in [0.05, 0.1) is 19.3 Å². The lowest BCUT2D eigenvalue weighted by molar-refractivity contribution is -0.117. The summed E-state index contributed by atoms with van der Waals surface area (Å²) in [6.07, 6.45) is 1.55. The zero-order valence-corrected chi connectivity index (χ0v) is 18.0. The summed E-state index contributed by atoms with van der Waals surface area (Å²) in [5.41, 5.74) is 1.71. The number of rotatable bonds is 8. The highest BCUT2D eigenvalue weighted by molar-refractivity contribution is 9.10. The first-order valence-electron chi connectivity index (χ1n) is 8.58. The first-order valence-corrected chi connectivity index (χ1v) is 10.3. The molecule has 1 heterocycles. The minimum Gasteiger partial charge on any atom is -0.496 e. The van der Waals surface area contributed by atoms with E-state index in [9.17, 15) is 10.1 Å². The molecule has 1 amide bonds. The van der Waals surface area contributed by atoms with E-state index in [1.807, 2.05) is 35.7 Å². The van der Waals surface area contributed by atoms with E-state index in [4.69, 9.17) is 4.74 Å². The van der Waals surface area contributed by atoms with Crippen molar-refractivity contribution in [3.63, 3.8) is 0 Å². The predicted octanol–water partition coefficient (Wildman–Crippen LogP) is 4.59. The van der Waals surface area contributed by atoms with Crippen LogP contribution < -0.4 is 15.0 Å². The van der Waals surface area contributed by atoms with E-state index in [1.54, 1.807) is 24.5 Å². The predicted molar refractivity (Wildman–Crippen MR) is 114 cm³/mol. The van der Waals surface area contributed by atoms with Crippen molar-refractivity contribution in [2.24, 2.45) is 0 Å². The maximum absolute atomic E-state index is 12.4. The first kappa shape index (κ1) is 21.0. The molecule has 0 unspecified atom stereocenters. The summed E-state index contributed by atoms with van der Waals surface area (Å²) in [5, 5.41) is 14.2. The van der Waals surface area contributed by atoms with Gasteiger partial charge in [-0.3, -0.25) is 4.79 Å². The van der Waals surface area contributed by atoms with Gasteiger partial charge in [-0.05, 0) is 53.4 Å². The molecular weight excluding hydrogens is 426 g/mol. The Morgan fingerprint density at radius 1 is 1.41 bits per heavy atom. The van der Waals surface area contributed by atoms with Gasteiger partial charge in [-0.1, -0.05) is 6.07 Å². The van der Waals surface area contributed by atoms with Crippen LogP contribution in [0, 0.1) is 11.3 Å². The van der Waals surface area contributed by atoms with Gasteiger partial charge in [0.2, 0.25) is 0 Å². The van der Waals surface area contributed by atoms with E-state index >= 15 is 0 Å². The molecule has 2 rings (SSSR count). The summed E-state index contributed by atoms with van der Waals surface area (Å²) >= 11 is 5.15. The Morgan fingerprint density at radius 3 is 2.70 bits per heavy atom. The van der Waals surface area contributed by atoms with Crippen molar-refractivity contribution >= 4 is 44.9 Å². The Bertz CT molecular complexity index is 853. The lowest BCUT2D eigenvalue weighted by atomic mass is 10.1. The van der Waals surface area contributed by atoms with Gasteiger partial charge in [-0.25, -0.2) is 0 Å². The second-order valence-electron chi connectivity index (χ2n) is 5.65. The molecule has 27 heavy (non-hydrogen) atoms. The highest BCUT2D eigenvalue weighted by Crippen LogP contribution is 2.34. The number of halogens is 1. The minimum atomic E-state index is -0.406. The van der Waals surface area contributed by atoms with Crippen LogP contribution >= 0.6 is 27.3 Å². The Balaban J connectivity index is 2.30. The highest BCUT2D eigenvalue weighted by Gasteiger charge is 2.15. The molecule has 0 aliphatic rings. The molecule has 142 valence electrons. The molecular formula is C20H22BrN3O2S. The maximum Gasteiger partial charge on any atom is 0.262 e. The zero-order chi connectivity index (χ0) is 19.8. The van der Waals surface area contributed by atoms with E-state index in [-0.39, 0.29) is 5.57 Å². The number of hydrogen-bond acceptors (Lipinski definition) is 5. The molecule has 5 nitrogen and oxygen atoms in total. The number of amides is 1. The van der Waals surface area contributed by atoms with E-state index < -0.39 is 5.91 Å². The fourth-order valence-electron chi connectivity index (χ4n) is 2.63. The summed E-state index contributed by atoms with van der Waals surface area (Å²) in [6, 6.07) is 9.63. The number of hydrogen-bond donors (Lipinski definition) is 1. The van der Waals surface area contributed by atoms with Crippen LogP contribution in [0.1, 0.15) is 24.3 Å². The summed E-state index contributed by atoms with van der Waals surface area (Å²) < 4.78 is 6.38. The van der Waals surface area contributed by atoms with Crippen molar-refractivity contribution in [3.05, 3.63) is 50.1 Å². The number of benzene rings is 1. The lowest BCUT2D eigenvalue weighted by Gasteiger charge is -2.23. The maximum atomic E-state index is 12.4. The summed E-state index contributed by atoms with van der Waals surface area (Å²) in [5.74, 6) is 0.204. The largest absolute Gasteiger partial charge is 0.496 e. The molecule has 2 aromatic rings. The van der Waals surface area contributed by atoms with Crippen LogP contribution in [0.5, 0.6) is 5.75 Å². The third kappa shape index (κ3) is 5.34. The average molecular weight is 448 g/mol. The Hall–Kier alpha value is -2.30. The number of nitrogens with one attached hydrogen (secondary N) is 1. The fraction of sp³-hybridized carbons (Fsp3) is 0.300. The van der Waals surface area contributed by atoms with E-state index in [0.717, 1.165) is 28.1 Å². The normalized spacial score (nSPS) is 11.0. The van der Waals surface area contributed by atoms with Gasteiger partial charge in [0.15, 0.2) is 0 Å². The molecule has 0 aliphatic carbocycles. The van der Waals surface area contributed by atoms with E-state index in [1.165, 1.54) is 0 Å². The summed E-state index contributed by atoms with van der Waals surface area (Å²) in [4.78, 5) is 15.6. The monoisotopic (exact) mass is 447 g/mol. The van der Waals surface area contributed by atoms with Gasteiger partial charge < -0.3 is 15.0 Å². The molecule has 0 saturated carbocycles. The molecule has 1 aromatic carbocycles. The molecule has 0 atom stereocenters. The van der Waals surface area contributed by atoms with Crippen LogP contribution in [0.25, 0.3) is 6.08 Å². The quantitative estimate of drug-likeness (QED) is 0.474. The van der Waals surface area contributed by atoms with Crippen LogP contribution in [0.4, 0.5) is 5.69 Å². The summed E-state index contributed by atoms with van der Waals surface area (Å²) in [7, 11) is 1.58. The third-order valence-corrected chi connectivity index (χ3v) is 5.58. The van der Waals surface area contributed by atoms with Crippen LogP contribution in [-0.4, -0.2) is 26.1 Å². The first-order chi connectivity index (χ1) is 13.0. The number of nitriles is 1. The van der Waals surface area contributed by atoms with Crippen molar-refractivity contribution in [1.82, 2.24) is 5.32 Å². The minimum absolute atomic E-state index is 0.0346. The Kier molecular flexibility index (Phi) is 7.89. The smallest absolute Gasteiger partial charge is 0.262 e. The second kappa shape index (κ2) is 10.1. The molecule has 1 aromatic heterocycles. The van der Waals surface area contributed by atoms with Gasteiger partial charge >= 0.3 is 0 Å². The molecule has 0 fully saturated rings. The van der Waals surface area contributed by atoms with Crippen molar-refractivity contribution < 1.29 is 9.53 Å². The number of methoxy groups -OCH3 is 1. The van der Waals surface area contributed by atoms with Crippen LogP contribution in [-0.2, 0) is 11.3 Å². The Labute approximate surface area is 172 Å². The molecule has 0 spiro atoms. The molecule has 0 radical (unpaired) electrons. The number of thiophene rings is 1. The molecule has 0 saturated heterocycles. The van der Waals surface area contributed by atoms with Gasteiger partial charge in [-0.15, -0.1) is 11.3 Å². The zero-order valence-electron chi connectivity index (χ0n) is 15.6. The topological polar surface area (TPSA) is 65.4 Å². The fourth-order valence-corrected chi connectivity index (χ4v) is 3.89. The third-order valence-electron chi connectivity index (χ3n) is 4.07. The van der Waals surface area contributed by atoms with Crippen LogP contribution in [0.15, 0.2) is 39.7 Å². The number of anilines is 1. The van der Waals surface area contributed by atoms with Crippen molar-refractivity contribution in [2.75, 3.05) is 25.1 Å². The second-order valence-corrected chi connectivity index (χ2v) is 7.54. The van der Waals surface area contributed by atoms with Gasteiger partial charge in [-0.2, -0.15) is 5.26 Å². The van der Waals surface area contributed by atoms with Crippen molar-refractivity contribution in [1.29, 1.82) is 5.26 Å². The van der Waals surface area contributed by atoms with E-state index in [2.05, 4.69) is 40.0 Å². The van der Waals surface area contributed by atoms with Crippen molar-refractivity contribution in [3.8, 4) is 11.8 Å². The van der Waals surface area contributed by atoms with Crippen LogP contribution in [0.3, 0.4) is 0 Å². The number of carbonyl (C=O) groups is 1. The Morgan fingerprint density at radius 2 is 2.15 bits per heavy atom. The number of ether oxygens (including phenoxy) is 1. The van der Waals surface area contributed by atoms with Crippen molar-refractivity contribution in [2.45, 2.75) is 20.4 Å². The number of carbonyl (C=O) groups excluding carboxylic acids is 1. The van der Waals surface area contributed by atoms with Gasteiger partial charge in [0.25, 0.3) is 5.91 Å². The standard InChI is InChI=1S/C20H22BrN3O2S/c1-4-24(5-2)18-11-19(26-3)14(10-17(18)21)9-15(12-22)20(25)23-13-16-7-6-8-27-16/h6-11H,4-5,13H2,1-3H3,(H,23,25)/b15-9-. The number of nitrogens with zero attached hydrogens (tertiary/aromatic N) is 2. The molecule has 0 bridgehead atoms. The van der Waals surface area contributed by atoms with Gasteiger partial charge in [0, 0.05) is 34.1 Å². The average Bonchev–Trinajstić information content (AvgIpc) is 3.20. The molecule has 1 N–H and O–H groups in total. The highest BCUT2D eigenvalue weighted by atomic mass is 79.9. The van der Waals surface area contributed by atoms with E-state index in [0.29, 0.717) is 17.9 Å². The SMILES string of the molecule is CCN(CC)c1cc(OC)c(/C=C(/C#N)C(=O)NCc2cccs2)cc1Br. The lowest BCUT2D eigenvalue weighted by Crippen LogP contribution is -2.23. The molecule has 0 aliphatic heterocycles. The van der Waals surface area contributed by atoms with Gasteiger partial charge in [0.1, 0.15) is 17.4 Å². The van der Waals surface area contributed by atoms with Crippen LogP contribution in [0.2, 0.25) is 0 Å². The molecule has 7 heteroatoms. The summed E-state index contributed by atoms with van der Waals surface area (Å²) in [6.45, 7) is 6.30.